The van der Waals surface area contributed by atoms with Crippen LogP contribution in [0.2, 0.25) is 0 Å². The first-order valence-electron chi connectivity index (χ1n) is 10.1. The maximum Gasteiger partial charge on any atom is 0.418 e. The van der Waals surface area contributed by atoms with Gasteiger partial charge in [0.1, 0.15) is 0 Å². The largest absolute Gasteiger partial charge is 0.418 e. The molecule has 1 aliphatic heterocycles. The highest BCUT2D eigenvalue weighted by Gasteiger charge is 2.40. The van der Waals surface area contributed by atoms with Gasteiger partial charge in [0, 0.05) is 24.2 Å². The number of benzene rings is 2. The van der Waals surface area contributed by atoms with Crippen LogP contribution in [-0.4, -0.2) is 29.8 Å². The molecule has 0 aromatic heterocycles. The number of carbonyl (C=O) groups excluding carboxylic acids is 2. The maximum absolute atomic E-state index is 13.2. The van der Waals surface area contributed by atoms with Gasteiger partial charge in [0.05, 0.1) is 16.9 Å². The van der Waals surface area contributed by atoms with Crippen molar-refractivity contribution < 1.29 is 22.8 Å². The second kappa shape index (κ2) is 9.28. The summed E-state index contributed by atoms with van der Waals surface area (Å²) in [5.74, 6) is -0.750. The number of azo groups is 1. The standard InChI is InChI=1S/C22H23F3N4O2/c1-3-5-13-29(4-2)21(31)14-9-11-15(12-10-14)27-28-19-16-7-6-8-17(22(23,24)25)18(16)26-20(19)30/h6-12,19H,3-5,13H2,1-2H3,(H,26,30)/t19-/m0/s1. The van der Waals surface area contributed by atoms with Gasteiger partial charge in [0.25, 0.3) is 11.8 Å². The summed E-state index contributed by atoms with van der Waals surface area (Å²) in [6, 6.07) is 8.82. The SMILES string of the molecule is CCCCN(CC)C(=O)c1ccc(N=N[C@@H]2C(=O)Nc3c2cccc3C(F)(F)F)cc1. The molecule has 0 bridgehead atoms. The Kier molecular flexibility index (Phi) is 6.72. The average Bonchev–Trinajstić information content (AvgIpc) is 3.07. The topological polar surface area (TPSA) is 74.1 Å². The number of fused-ring (bicyclic) bond motifs is 1. The molecule has 1 N–H and O–H groups in total. The maximum atomic E-state index is 13.2. The normalized spacial score (nSPS) is 15.8. The number of alkyl halides is 3. The summed E-state index contributed by atoms with van der Waals surface area (Å²) in [6.07, 6.45) is -2.67. The molecule has 3 rings (SSSR count). The zero-order chi connectivity index (χ0) is 22.6. The minimum Gasteiger partial charge on any atom is -0.339 e. The molecule has 0 saturated carbocycles. The molecule has 0 aliphatic carbocycles. The van der Waals surface area contributed by atoms with Gasteiger partial charge >= 0.3 is 6.18 Å². The molecule has 0 spiro atoms. The lowest BCUT2D eigenvalue weighted by atomic mass is 10.0. The van der Waals surface area contributed by atoms with Crippen molar-refractivity contribution in [2.45, 2.75) is 38.9 Å². The molecule has 31 heavy (non-hydrogen) atoms. The summed E-state index contributed by atoms with van der Waals surface area (Å²) in [7, 11) is 0. The molecule has 2 aromatic carbocycles. The highest BCUT2D eigenvalue weighted by Crippen LogP contribution is 2.43. The van der Waals surface area contributed by atoms with Crippen molar-refractivity contribution in [2.75, 3.05) is 18.4 Å². The van der Waals surface area contributed by atoms with Gasteiger partial charge in [0.2, 0.25) is 0 Å². The van der Waals surface area contributed by atoms with Crippen molar-refractivity contribution in [3.63, 3.8) is 0 Å². The van der Waals surface area contributed by atoms with Crippen molar-refractivity contribution in [3.8, 4) is 0 Å². The fourth-order valence-electron chi connectivity index (χ4n) is 3.35. The molecular formula is C22H23F3N4O2. The molecule has 0 radical (unpaired) electrons. The van der Waals surface area contributed by atoms with E-state index < -0.39 is 23.7 Å². The average molecular weight is 432 g/mol. The van der Waals surface area contributed by atoms with E-state index >= 15 is 0 Å². The van der Waals surface area contributed by atoms with Gasteiger partial charge in [0.15, 0.2) is 6.04 Å². The smallest absolute Gasteiger partial charge is 0.339 e. The summed E-state index contributed by atoms with van der Waals surface area (Å²) < 4.78 is 39.5. The summed E-state index contributed by atoms with van der Waals surface area (Å²) in [5, 5.41) is 10.2. The fourth-order valence-corrected chi connectivity index (χ4v) is 3.35. The lowest BCUT2D eigenvalue weighted by molar-refractivity contribution is -0.136. The lowest BCUT2D eigenvalue weighted by Gasteiger charge is -2.20. The van der Waals surface area contributed by atoms with E-state index in [2.05, 4.69) is 22.5 Å². The molecule has 0 saturated heterocycles. The van der Waals surface area contributed by atoms with Gasteiger partial charge in [-0.3, -0.25) is 9.59 Å². The van der Waals surface area contributed by atoms with Crippen molar-refractivity contribution >= 4 is 23.2 Å². The molecule has 6 nitrogen and oxygen atoms in total. The van der Waals surface area contributed by atoms with Crippen molar-refractivity contribution in [1.82, 2.24) is 4.90 Å². The highest BCUT2D eigenvalue weighted by molar-refractivity contribution is 6.03. The monoisotopic (exact) mass is 432 g/mol. The van der Waals surface area contributed by atoms with Gasteiger partial charge in [-0.2, -0.15) is 23.4 Å². The Morgan fingerprint density at radius 3 is 2.45 bits per heavy atom. The van der Waals surface area contributed by atoms with Gasteiger partial charge in [-0.15, -0.1) is 0 Å². The second-order valence-electron chi connectivity index (χ2n) is 7.16. The second-order valence-corrected chi connectivity index (χ2v) is 7.16. The van der Waals surface area contributed by atoms with E-state index in [-0.39, 0.29) is 17.2 Å². The summed E-state index contributed by atoms with van der Waals surface area (Å²) in [5.41, 5.74) is -0.166. The van der Waals surface area contributed by atoms with Gasteiger partial charge in [-0.05, 0) is 43.7 Å². The van der Waals surface area contributed by atoms with Crippen LogP contribution < -0.4 is 5.32 Å². The van der Waals surface area contributed by atoms with Gasteiger partial charge in [-0.1, -0.05) is 25.5 Å². The van der Waals surface area contributed by atoms with E-state index in [1.165, 1.54) is 12.1 Å². The number of nitrogens with zero attached hydrogens (tertiary/aromatic N) is 3. The molecule has 1 atom stereocenters. The fraction of sp³-hybridized carbons (Fsp3) is 0.364. The minimum absolute atomic E-state index is 0.0804. The van der Waals surface area contributed by atoms with Gasteiger partial charge < -0.3 is 10.2 Å². The summed E-state index contributed by atoms with van der Waals surface area (Å²) in [6.45, 7) is 5.27. The number of hydrogen-bond donors (Lipinski definition) is 1. The Labute approximate surface area is 178 Å². The quantitative estimate of drug-likeness (QED) is 0.566. The molecule has 0 fully saturated rings. The number of unbranched alkanes of at least 4 members (excludes halogenated alkanes) is 1. The zero-order valence-corrected chi connectivity index (χ0v) is 17.2. The van der Waals surface area contributed by atoms with Crippen LogP contribution in [0.1, 0.15) is 54.2 Å². The summed E-state index contributed by atoms with van der Waals surface area (Å²) in [4.78, 5) is 26.5. The molecule has 164 valence electrons. The van der Waals surface area contributed by atoms with Crippen LogP contribution in [-0.2, 0) is 11.0 Å². The molecule has 2 aromatic rings. The molecule has 9 heteroatoms. The number of hydrogen-bond acceptors (Lipinski definition) is 4. The first kappa shape index (κ1) is 22.5. The Bertz CT molecular complexity index is 987. The summed E-state index contributed by atoms with van der Waals surface area (Å²) >= 11 is 0. The Hall–Kier alpha value is -3.23. The van der Waals surface area contributed by atoms with Crippen molar-refractivity contribution in [2.24, 2.45) is 10.2 Å². The number of para-hydroxylation sites is 1. The van der Waals surface area contributed by atoms with E-state index in [1.807, 2.05) is 6.92 Å². The van der Waals surface area contributed by atoms with E-state index in [1.54, 1.807) is 29.2 Å². The predicted octanol–water partition coefficient (Wildman–Crippen LogP) is 5.74. The predicted molar refractivity (Wildman–Crippen MR) is 110 cm³/mol. The first-order chi connectivity index (χ1) is 14.8. The van der Waals surface area contributed by atoms with Crippen molar-refractivity contribution in [3.05, 3.63) is 59.2 Å². The first-order valence-corrected chi connectivity index (χ1v) is 10.1. The third kappa shape index (κ3) is 4.92. The molecular weight excluding hydrogens is 409 g/mol. The number of anilines is 1. The molecule has 0 unspecified atom stereocenters. The van der Waals surface area contributed by atoms with Crippen LogP contribution in [0.5, 0.6) is 0 Å². The van der Waals surface area contributed by atoms with Crippen LogP contribution in [0, 0.1) is 0 Å². The number of nitrogens with one attached hydrogen (secondary N) is 1. The molecule has 2 amide bonds. The third-order valence-corrected chi connectivity index (χ3v) is 5.05. The Balaban J connectivity index is 1.77. The lowest BCUT2D eigenvalue weighted by Crippen LogP contribution is -2.31. The minimum atomic E-state index is -4.59. The van der Waals surface area contributed by atoms with Crippen LogP contribution in [0.15, 0.2) is 52.7 Å². The number of carbonyl (C=O) groups is 2. The van der Waals surface area contributed by atoms with E-state index in [0.717, 1.165) is 18.9 Å². The van der Waals surface area contributed by atoms with Crippen LogP contribution >= 0.6 is 0 Å². The van der Waals surface area contributed by atoms with Crippen LogP contribution in [0.25, 0.3) is 0 Å². The van der Waals surface area contributed by atoms with E-state index in [9.17, 15) is 22.8 Å². The van der Waals surface area contributed by atoms with Crippen LogP contribution in [0.3, 0.4) is 0 Å². The zero-order valence-electron chi connectivity index (χ0n) is 17.2. The Morgan fingerprint density at radius 2 is 1.84 bits per heavy atom. The van der Waals surface area contributed by atoms with E-state index in [0.29, 0.717) is 24.3 Å². The van der Waals surface area contributed by atoms with E-state index in [4.69, 9.17) is 0 Å². The Morgan fingerprint density at radius 1 is 1.13 bits per heavy atom. The number of rotatable bonds is 7. The molecule has 1 aliphatic rings. The van der Waals surface area contributed by atoms with Gasteiger partial charge in [-0.25, -0.2) is 0 Å². The highest BCUT2D eigenvalue weighted by atomic mass is 19.4. The number of halogens is 3. The molecule has 1 heterocycles. The number of amides is 2. The third-order valence-electron chi connectivity index (χ3n) is 5.05. The van der Waals surface area contributed by atoms with Crippen molar-refractivity contribution in [1.29, 1.82) is 0 Å². The van der Waals surface area contributed by atoms with Crippen LogP contribution in [0.4, 0.5) is 24.5 Å².